The number of anilines is 1. The zero-order chi connectivity index (χ0) is 33.8. The summed E-state index contributed by atoms with van der Waals surface area (Å²) in [4.78, 5) is 38.3. The van der Waals surface area contributed by atoms with Crippen molar-refractivity contribution in [1.82, 2.24) is 19.4 Å². The summed E-state index contributed by atoms with van der Waals surface area (Å²) in [6, 6.07) is 8.01. The summed E-state index contributed by atoms with van der Waals surface area (Å²) >= 11 is 3.10. The van der Waals surface area contributed by atoms with Crippen LogP contribution in [0.3, 0.4) is 0 Å². The van der Waals surface area contributed by atoms with Gasteiger partial charge in [-0.1, -0.05) is 12.6 Å². The zero-order valence-corrected chi connectivity index (χ0v) is 27.6. The molecule has 2 aliphatic rings. The molecule has 8 nitrogen and oxygen atoms in total. The maximum absolute atomic E-state index is 15.6. The van der Waals surface area contributed by atoms with Gasteiger partial charge in [-0.3, -0.25) is 9.36 Å². The molecule has 4 aromatic rings. The summed E-state index contributed by atoms with van der Waals surface area (Å²) in [6.07, 6.45) is -2.95. The van der Waals surface area contributed by atoms with E-state index in [-0.39, 0.29) is 80.2 Å². The number of aromatic nitrogens is 3. The molecule has 1 saturated heterocycles. The van der Waals surface area contributed by atoms with E-state index in [4.69, 9.17) is 4.74 Å². The molecule has 1 amide bonds. The van der Waals surface area contributed by atoms with Crippen LogP contribution in [0.25, 0.3) is 10.9 Å². The number of hydrogen-bond acceptors (Lipinski definition) is 6. The molecule has 248 valence electrons. The fraction of sp³-hybridized carbons (Fsp3) is 0.312. The first-order valence-corrected chi connectivity index (χ1v) is 16.9. The molecule has 4 atom stereocenters. The minimum absolute atomic E-state index is 0.00975. The molecule has 2 aromatic carbocycles. The SMILES string of the molecule is C=CC(=O)N1[C@H](C)CN(c2nc(=O)n3c4c(cc(C(F)(F)F)cc24)[SH](c2cc(Br)c(F)cc2F)C[C@@H](Oc2ccccn2)C3)C[C@@H]1C. The number of thiol groups is 1. The quantitative estimate of drug-likeness (QED) is 0.112. The lowest BCUT2D eigenvalue weighted by Crippen LogP contribution is -2.58. The van der Waals surface area contributed by atoms with Crippen LogP contribution in [0, 0.1) is 11.6 Å². The zero-order valence-electron chi connectivity index (χ0n) is 25.1. The maximum Gasteiger partial charge on any atom is 0.416 e. The second-order valence-corrected chi connectivity index (χ2v) is 14.5. The van der Waals surface area contributed by atoms with Crippen LogP contribution in [0.1, 0.15) is 19.4 Å². The number of carbonyl (C=O) groups is 1. The summed E-state index contributed by atoms with van der Waals surface area (Å²) in [5.41, 5.74) is -1.57. The van der Waals surface area contributed by atoms with Crippen molar-refractivity contribution in [2.45, 2.75) is 54.5 Å². The standard InChI is InChI=1S/C32H29BrF5N5O3S/c1-4-28(44)43-17(2)13-41(14-18(43)3)30-21-9-19(32(36,37)38)10-26-29(21)42(31(45)40-30)15-20(46-27-7-5-6-8-39-27)16-47(26)25-11-22(33)23(34)12-24(25)35/h4-12,17-18,20,47H,1,13-16H2,2-3H3/t17-,18+,20-/m0/s1. The molecule has 0 saturated carbocycles. The predicted octanol–water partition coefficient (Wildman–Crippen LogP) is 6.34. The van der Waals surface area contributed by atoms with Crippen LogP contribution >= 0.6 is 26.8 Å². The lowest BCUT2D eigenvalue weighted by molar-refractivity contribution is -0.137. The Morgan fingerprint density at radius 2 is 1.79 bits per heavy atom. The van der Waals surface area contributed by atoms with E-state index in [1.54, 1.807) is 41.8 Å². The van der Waals surface area contributed by atoms with E-state index in [1.165, 1.54) is 22.9 Å². The van der Waals surface area contributed by atoms with Crippen molar-refractivity contribution in [2.75, 3.05) is 23.7 Å². The Morgan fingerprint density at radius 1 is 1.06 bits per heavy atom. The van der Waals surface area contributed by atoms with Crippen LogP contribution in [-0.4, -0.2) is 62.4 Å². The molecule has 1 unspecified atom stereocenters. The van der Waals surface area contributed by atoms with Crippen molar-refractivity contribution in [3.63, 3.8) is 0 Å². The second-order valence-electron chi connectivity index (χ2n) is 11.5. The van der Waals surface area contributed by atoms with Gasteiger partial charge in [0, 0.05) is 64.4 Å². The fourth-order valence-electron chi connectivity index (χ4n) is 6.37. The van der Waals surface area contributed by atoms with Crippen molar-refractivity contribution in [1.29, 1.82) is 0 Å². The first kappa shape index (κ1) is 32.9. The summed E-state index contributed by atoms with van der Waals surface area (Å²) in [5, 5.41) is 0.0462. The molecular weight excluding hydrogens is 709 g/mol. The number of amides is 1. The highest BCUT2D eigenvalue weighted by Gasteiger charge is 2.38. The third kappa shape index (κ3) is 6.22. The molecule has 2 aliphatic heterocycles. The summed E-state index contributed by atoms with van der Waals surface area (Å²) in [5.74, 6) is -1.87. The van der Waals surface area contributed by atoms with Gasteiger partial charge in [-0.05, 0) is 60.1 Å². The topological polar surface area (TPSA) is 80.6 Å². The molecule has 6 rings (SSSR count). The molecule has 4 heterocycles. The van der Waals surface area contributed by atoms with Gasteiger partial charge in [-0.25, -0.2) is 18.6 Å². The molecule has 0 aliphatic carbocycles. The number of halogens is 6. The molecule has 0 bridgehead atoms. The number of carbonyl (C=O) groups excluding carboxylic acids is 1. The number of alkyl halides is 3. The van der Waals surface area contributed by atoms with E-state index in [0.29, 0.717) is 6.07 Å². The van der Waals surface area contributed by atoms with Crippen LogP contribution in [0.2, 0.25) is 0 Å². The molecule has 47 heavy (non-hydrogen) atoms. The van der Waals surface area contributed by atoms with E-state index in [9.17, 15) is 27.2 Å². The van der Waals surface area contributed by atoms with Gasteiger partial charge in [0.25, 0.3) is 0 Å². The lowest BCUT2D eigenvalue weighted by atomic mass is 10.1. The Hall–Kier alpha value is -3.98. The van der Waals surface area contributed by atoms with E-state index in [2.05, 4.69) is 32.5 Å². The van der Waals surface area contributed by atoms with Crippen molar-refractivity contribution < 1.29 is 31.5 Å². The summed E-state index contributed by atoms with van der Waals surface area (Å²) in [7, 11) is -2.02. The minimum atomic E-state index is -4.81. The van der Waals surface area contributed by atoms with Gasteiger partial charge in [0.2, 0.25) is 11.8 Å². The van der Waals surface area contributed by atoms with E-state index in [0.717, 1.165) is 12.1 Å². The second kappa shape index (κ2) is 12.6. The van der Waals surface area contributed by atoms with Gasteiger partial charge < -0.3 is 14.5 Å². The van der Waals surface area contributed by atoms with Crippen LogP contribution in [0.4, 0.5) is 27.8 Å². The normalized spacial score (nSPS) is 22.2. The first-order chi connectivity index (χ1) is 22.3. The molecule has 0 radical (unpaired) electrons. The predicted molar refractivity (Wildman–Crippen MR) is 172 cm³/mol. The van der Waals surface area contributed by atoms with Crippen molar-refractivity contribution in [2.24, 2.45) is 0 Å². The largest absolute Gasteiger partial charge is 0.472 e. The van der Waals surface area contributed by atoms with E-state index >= 15 is 4.39 Å². The number of rotatable bonds is 5. The van der Waals surface area contributed by atoms with Crippen LogP contribution < -0.4 is 15.3 Å². The first-order valence-electron chi connectivity index (χ1n) is 14.6. The molecule has 0 spiro atoms. The number of piperazine rings is 1. The van der Waals surface area contributed by atoms with Gasteiger partial charge in [0.1, 0.15) is 23.6 Å². The highest BCUT2D eigenvalue weighted by atomic mass is 79.9. The van der Waals surface area contributed by atoms with Gasteiger partial charge in [-0.15, -0.1) is 0 Å². The number of benzene rings is 2. The number of ether oxygens (including phenoxy) is 1. The van der Waals surface area contributed by atoms with Gasteiger partial charge in [0.05, 0.1) is 22.1 Å². The lowest BCUT2D eigenvalue weighted by Gasteiger charge is -2.44. The van der Waals surface area contributed by atoms with Crippen LogP contribution in [0.5, 0.6) is 5.88 Å². The number of hydrogen-bond donors (Lipinski definition) is 1. The third-order valence-electron chi connectivity index (χ3n) is 8.28. The van der Waals surface area contributed by atoms with E-state index in [1.807, 2.05) is 0 Å². The summed E-state index contributed by atoms with van der Waals surface area (Å²) in [6.45, 7) is 7.40. The molecule has 1 fully saturated rings. The third-order valence-corrected chi connectivity index (χ3v) is 11.5. The number of pyridine rings is 1. The highest BCUT2D eigenvalue weighted by molar-refractivity contribution is 9.10. The van der Waals surface area contributed by atoms with Crippen LogP contribution in [0.15, 0.2) is 80.4 Å². The van der Waals surface area contributed by atoms with Crippen molar-refractivity contribution >= 4 is 49.5 Å². The molecular formula is C32H29BrF5N5O3S. The highest BCUT2D eigenvalue weighted by Crippen LogP contribution is 2.53. The summed E-state index contributed by atoms with van der Waals surface area (Å²) < 4.78 is 81.1. The molecule has 15 heteroatoms. The minimum Gasteiger partial charge on any atom is -0.472 e. The molecule has 2 aromatic heterocycles. The smallest absolute Gasteiger partial charge is 0.416 e. The van der Waals surface area contributed by atoms with Gasteiger partial charge >= 0.3 is 11.9 Å². The average Bonchev–Trinajstić information content (AvgIpc) is 3.17. The Morgan fingerprint density at radius 3 is 2.43 bits per heavy atom. The van der Waals surface area contributed by atoms with E-state index < -0.39 is 46.1 Å². The fourth-order valence-corrected chi connectivity index (χ4v) is 9.54. The number of nitrogens with zero attached hydrogens (tertiary/aromatic N) is 5. The maximum atomic E-state index is 15.6. The Bertz CT molecular complexity index is 1930. The van der Waals surface area contributed by atoms with Crippen LogP contribution in [-0.2, 0) is 17.5 Å². The monoisotopic (exact) mass is 737 g/mol. The Balaban J connectivity index is 1.61. The Labute approximate surface area is 277 Å². The average molecular weight is 739 g/mol. The Kier molecular flexibility index (Phi) is 8.81. The molecule has 0 N–H and O–H groups in total. The van der Waals surface area contributed by atoms with Gasteiger partial charge in [-0.2, -0.15) is 29.1 Å². The van der Waals surface area contributed by atoms with Crippen molar-refractivity contribution in [3.8, 4) is 5.88 Å². The van der Waals surface area contributed by atoms with Gasteiger partial charge in [0.15, 0.2) is 0 Å². The van der Waals surface area contributed by atoms with Crippen molar-refractivity contribution in [3.05, 3.63) is 93.5 Å².